The van der Waals surface area contributed by atoms with Crippen molar-refractivity contribution in [1.29, 1.82) is 0 Å². The van der Waals surface area contributed by atoms with Crippen molar-refractivity contribution < 1.29 is 4.42 Å². The minimum Gasteiger partial charge on any atom is -0.456 e. The van der Waals surface area contributed by atoms with Gasteiger partial charge >= 0.3 is 0 Å². The monoisotopic (exact) mass is 672 g/mol. The molecule has 10 aromatic rings. The molecule has 0 fully saturated rings. The number of para-hydroxylation sites is 4. The van der Waals surface area contributed by atoms with Crippen LogP contribution in [0.3, 0.4) is 0 Å². The highest BCUT2D eigenvalue weighted by atomic mass is 16.3. The standard InChI is InChI=1S/C45H28N4O3/c50-44-36-16-7-9-17-38(36)46-43-45(51)48(32-13-5-2-6-14-32)40-27-30(21-25-39(40)49(43)44)29-19-22-33(23-20-29)47(31-11-3-1-4-12-31)34-24-26-42-37(28-34)35-15-8-10-18-41(35)52-42/h1-28H. The van der Waals surface area contributed by atoms with E-state index in [1.807, 2.05) is 103 Å². The zero-order valence-corrected chi connectivity index (χ0v) is 27.7. The van der Waals surface area contributed by atoms with Gasteiger partial charge in [0.15, 0.2) is 0 Å². The molecule has 0 saturated carbocycles. The molecule has 10 rings (SSSR count). The molecule has 0 aliphatic heterocycles. The molecule has 0 atom stereocenters. The second-order valence-corrected chi connectivity index (χ2v) is 12.8. The van der Waals surface area contributed by atoms with Gasteiger partial charge in [0.05, 0.1) is 21.9 Å². The van der Waals surface area contributed by atoms with Gasteiger partial charge in [0.2, 0.25) is 5.65 Å². The molecule has 0 amide bonds. The van der Waals surface area contributed by atoms with Crippen LogP contribution in [0.1, 0.15) is 0 Å². The fraction of sp³-hybridized carbons (Fsp3) is 0. The number of rotatable bonds is 5. The van der Waals surface area contributed by atoms with Gasteiger partial charge in [0.25, 0.3) is 11.1 Å². The topological polar surface area (TPSA) is 72.8 Å². The summed E-state index contributed by atoms with van der Waals surface area (Å²) in [5, 5.41) is 2.59. The van der Waals surface area contributed by atoms with Crippen LogP contribution >= 0.6 is 0 Å². The number of hydrogen-bond donors (Lipinski definition) is 0. The van der Waals surface area contributed by atoms with E-state index in [1.165, 1.54) is 4.40 Å². The highest BCUT2D eigenvalue weighted by molar-refractivity contribution is 6.06. The smallest absolute Gasteiger partial charge is 0.299 e. The Kier molecular flexibility index (Phi) is 6.66. The van der Waals surface area contributed by atoms with E-state index < -0.39 is 0 Å². The molecule has 3 aromatic heterocycles. The zero-order chi connectivity index (χ0) is 34.8. The van der Waals surface area contributed by atoms with Crippen molar-refractivity contribution in [2.75, 3.05) is 4.90 Å². The first kappa shape index (κ1) is 29.6. The molecule has 7 nitrogen and oxygen atoms in total. The van der Waals surface area contributed by atoms with Crippen LogP contribution in [0.25, 0.3) is 66.3 Å². The van der Waals surface area contributed by atoms with Gasteiger partial charge in [-0.3, -0.25) is 18.6 Å². The Morgan fingerprint density at radius 2 is 1.12 bits per heavy atom. The SMILES string of the molecule is O=c1c2nc3ccccc3c(=O)n2c2ccc(-c3ccc(N(c4ccccc4)c4ccc5oc6ccccc6c5c4)cc3)cc2n1-c1ccccc1. The Hall–Kier alpha value is -7.25. The zero-order valence-electron chi connectivity index (χ0n) is 27.7. The van der Waals surface area contributed by atoms with Gasteiger partial charge in [-0.1, -0.05) is 84.9 Å². The van der Waals surface area contributed by atoms with E-state index in [2.05, 4.69) is 64.5 Å². The second kappa shape index (κ2) is 11.7. The van der Waals surface area contributed by atoms with Crippen LogP contribution in [-0.2, 0) is 0 Å². The van der Waals surface area contributed by atoms with Crippen LogP contribution in [0.4, 0.5) is 17.1 Å². The van der Waals surface area contributed by atoms with Gasteiger partial charge in [0.1, 0.15) is 11.2 Å². The summed E-state index contributed by atoms with van der Waals surface area (Å²) in [5.41, 5.74) is 8.42. The number of anilines is 3. The first-order valence-electron chi connectivity index (χ1n) is 17.0. The van der Waals surface area contributed by atoms with E-state index in [0.717, 1.165) is 50.1 Å². The van der Waals surface area contributed by atoms with Crippen molar-refractivity contribution in [3.05, 3.63) is 191 Å². The lowest BCUT2D eigenvalue weighted by Crippen LogP contribution is -2.28. The summed E-state index contributed by atoms with van der Waals surface area (Å²) in [6, 6.07) is 55.6. The third-order valence-electron chi connectivity index (χ3n) is 9.73. The van der Waals surface area contributed by atoms with Gasteiger partial charge in [-0.25, -0.2) is 4.98 Å². The van der Waals surface area contributed by atoms with E-state index in [-0.39, 0.29) is 16.8 Å². The molecular weight excluding hydrogens is 645 g/mol. The predicted molar refractivity (Wildman–Crippen MR) is 209 cm³/mol. The summed E-state index contributed by atoms with van der Waals surface area (Å²) >= 11 is 0. The molecule has 0 saturated heterocycles. The molecule has 0 spiro atoms. The highest BCUT2D eigenvalue weighted by Crippen LogP contribution is 2.39. The van der Waals surface area contributed by atoms with E-state index in [4.69, 9.17) is 4.42 Å². The summed E-state index contributed by atoms with van der Waals surface area (Å²) in [7, 11) is 0. The Bertz CT molecular complexity index is 3110. The normalized spacial score (nSPS) is 11.6. The maximum atomic E-state index is 14.2. The maximum Gasteiger partial charge on any atom is 0.299 e. The van der Waals surface area contributed by atoms with Crippen molar-refractivity contribution >= 4 is 66.6 Å². The summed E-state index contributed by atoms with van der Waals surface area (Å²) in [5.74, 6) is 0. The number of hydrogen-bond acceptors (Lipinski definition) is 5. The number of benzene rings is 7. The molecule has 0 radical (unpaired) electrons. The third-order valence-corrected chi connectivity index (χ3v) is 9.73. The van der Waals surface area contributed by atoms with Crippen molar-refractivity contribution in [2.45, 2.75) is 0 Å². The minimum atomic E-state index is -0.366. The van der Waals surface area contributed by atoms with Crippen LogP contribution in [0, 0.1) is 0 Å². The molecule has 7 aromatic carbocycles. The van der Waals surface area contributed by atoms with E-state index >= 15 is 0 Å². The molecule has 246 valence electrons. The average Bonchev–Trinajstić information content (AvgIpc) is 3.57. The summed E-state index contributed by atoms with van der Waals surface area (Å²) in [6.45, 7) is 0. The molecule has 0 N–H and O–H groups in total. The lowest BCUT2D eigenvalue weighted by molar-refractivity contribution is 0.669. The van der Waals surface area contributed by atoms with Crippen LogP contribution in [0.15, 0.2) is 184 Å². The number of aromatic nitrogens is 3. The van der Waals surface area contributed by atoms with Crippen molar-refractivity contribution in [1.82, 2.24) is 14.0 Å². The Morgan fingerprint density at radius 1 is 0.481 bits per heavy atom. The van der Waals surface area contributed by atoms with Crippen molar-refractivity contribution in [3.63, 3.8) is 0 Å². The summed E-state index contributed by atoms with van der Waals surface area (Å²) in [4.78, 5) is 35.0. The van der Waals surface area contributed by atoms with Gasteiger partial charge < -0.3 is 9.32 Å². The predicted octanol–water partition coefficient (Wildman–Crippen LogP) is 10.2. The first-order valence-corrected chi connectivity index (χ1v) is 17.0. The Labute approximate surface area is 296 Å². The molecule has 52 heavy (non-hydrogen) atoms. The van der Waals surface area contributed by atoms with Crippen molar-refractivity contribution in [2.24, 2.45) is 0 Å². The second-order valence-electron chi connectivity index (χ2n) is 12.8. The molecule has 0 unspecified atom stereocenters. The molecule has 0 aliphatic carbocycles. The quantitative estimate of drug-likeness (QED) is 0.134. The maximum absolute atomic E-state index is 14.2. The number of nitrogens with zero attached hydrogens (tertiary/aromatic N) is 4. The average molecular weight is 673 g/mol. The fourth-order valence-corrected chi connectivity index (χ4v) is 7.29. The third kappa shape index (κ3) is 4.64. The van der Waals surface area contributed by atoms with Gasteiger partial charge in [-0.2, -0.15) is 0 Å². The van der Waals surface area contributed by atoms with Crippen LogP contribution < -0.4 is 16.0 Å². The van der Waals surface area contributed by atoms with Crippen molar-refractivity contribution in [3.8, 4) is 16.8 Å². The Balaban J connectivity index is 1.13. The fourth-order valence-electron chi connectivity index (χ4n) is 7.29. The van der Waals surface area contributed by atoms with Gasteiger partial charge in [-0.05, 0) is 96.1 Å². The molecular formula is C45H28N4O3. The van der Waals surface area contributed by atoms with Crippen LogP contribution in [0.2, 0.25) is 0 Å². The van der Waals surface area contributed by atoms with E-state index in [0.29, 0.717) is 27.6 Å². The molecule has 7 heteroatoms. The number of fused-ring (bicyclic) bond motifs is 7. The Morgan fingerprint density at radius 3 is 1.92 bits per heavy atom. The van der Waals surface area contributed by atoms with Crippen LogP contribution in [-0.4, -0.2) is 14.0 Å². The lowest BCUT2D eigenvalue weighted by Gasteiger charge is -2.25. The first-order chi connectivity index (χ1) is 25.6. The van der Waals surface area contributed by atoms with Crippen LogP contribution in [0.5, 0.6) is 0 Å². The summed E-state index contributed by atoms with van der Waals surface area (Å²) < 4.78 is 9.22. The van der Waals surface area contributed by atoms with Gasteiger partial charge in [0, 0.05) is 33.5 Å². The molecule has 0 aliphatic rings. The highest BCUT2D eigenvalue weighted by Gasteiger charge is 2.19. The van der Waals surface area contributed by atoms with Gasteiger partial charge in [-0.15, -0.1) is 0 Å². The summed E-state index contributed by atoms with van der Waals surface area (Å²) in [6.07, 6.45) is 0. The molecule has 3 heterocycles. The number of furan rings is 1. The minimum absolute atomic E-state index is 0.0831. The van der Waals surface area contributed by atoms with E-state index in [9.17, 15) is 9.59 Å². The molecule has 0 bridgehead atoms. The van der Waals surface area contributed by atoms with E-state index in [1.54, 1.807) is 16.7 Å². The largest absolute Gasteiger partial charge is 0.456 e. The lowest BCUT2D eigenvalue weighted by atomic mass is 10.0.